The molecule has 0 aliphatic heterocycles. The van der Waals surface area contributed by atoms with E-state index in [9.17, 15) is 29.1 Å². The molecule has 0 spiro atoms. The lowest BCUT2D eigenvalue weighted by atomic mass is 10.0. The summed E-state index contributed by atoms with van der Waals surface area (Å²) >= 11 is 3.97. The van der Waals surface area contributed by atoms with Gasteiger partial charge in [0.05, 0.1) is 12.5 Å². The highest BCUT2D eigenvalue weighted by molar-refractivity contribution is 7.80. The van der Waals surface area contributed by atoms with Gasteiger partial charge in [-0.3, -0.25) is 24.0 Å². The van der Waals surface area contributed by atoms with E-state index in [1.807, 2.05) is 0 Å². The fourth-order valence-corrected chi connectivity index (χ4v) is 2.65. The summed E-state index contributed by atoms with van der Waals surface area (Å²) in [6, 6.07) is 1.92. The maximum atomic E-state index is 12.7. The van der Waals surface area contributed by atoms with Gasteiger partial charge in [0.25, 0.3) is 0 Å². The number of nitrogens with one attached hydrogen (secondary N) is 3. The summed E-state index contributed by atoms with van der Waals surface area (Å²) in [5, 5.41) is 33.6. The molecule has 3 amide bonds. The lowest BCUT2D eigenvalue weighted by Gasteiger charge is -2.23. The van der Waals surface area contributed by atoms with Crippen molar-refractivity contribution in [3.05, 3.63) is 29.8 Å². The van der Waals surface area contributed by atoms with Crippen LogP contribution in [0.3, 0.4) is 0 Å². The number of aliphatic carboxylic acids is 2. The molecule has 0 aliphatic carbocycles. The molecule has 3 atom stereocenters. The van der Waals surface area contributed by atoms with Crippen LogP contribution in [0.15, 0.2) is 24.3 Å². The molecule has 170 valence electrons. The van der Waals surface area contributed by atoms with E-state index in [1.54, 1.807) is 0 Å². The number of carbonyl (C=O) groups is 5. The Bertz CT molecular complexity index is 817. The van der Waals surface area contributed by atoms with Crippen molar-refractivity contribution in [2.75, 3.05) is 12.3 Å². The van der Waals surface area contributed by atoms with E-state index in [0.29, 0.717) is 5.56 Å². The molecule has 3 unspecified atom stereocenters. The summed E-state index contributed by atoms with van der Waals surface area (Å²) in [5.41, 5.74) is 6.08. The number of carbonyl (C=O) groups excluding carboxylic acids is 3. The Kier molecular flexibility index (Phi) is 10.3. The predicted molar refractivity (Wildman–Crippen MR) is 110 cm³/mol. The molecule has 0 fully saturated rings. The van der Waals surface area contributed by atoms with Gasteiger partial charge in [0.1, 0.15) is 24.4 Å². The summed E-state index contributed by atoms with van der Waals surface area (Å²) in [7, 11) is 0. The molecule has 0 radical (unpaired) electrons. The summed E-state index contributed by atoms with van der Waals surface area (Å²) in [5.74, 6) is -5.22. The van der Waals surface area contributed by atoms with E-state index in [2.05, 4.69) is 28.6 Å². The van der Waals surface area contributed by atoms with Gasteiger partial charge < -0.3 is 37.0 Å². The maximum absolute atomic E-state index is 12.7. The molecule has 0 aromatic heterocycles. The number of aromatic hydroxyl groups is 1. The molecule has 0 bridgehead atoms. The number of hydrogen-bond donors (Lipinski definition) is 8. The lowest BCUT2D eigenvalue weighted by molar-refractivity contribution is -0.139. The first-order valence-corrected chi connectivity index (χ1v) is 9.63. The third kappa shape index (κ3) is 9.35. The summed E-state index contributed by atoms with van der Waals surface area (Å²) < 4.78 is 0. The number of phenols is 1. The van der Waals surface area contributed by atoms with Crippen LogP contribution >= 0.6 is 12.6 Å². The highest BCUT2D eigenvalue weighted by Gasteiger charge is 2.28. The van der Waals surface area contributed by atoms with Crippen molar-refractivity contribution in [2.24, 2.45) is 5.73 Å². The molecule has 12 nitrogen and oxygen atoms in total. The molecule has 0 saturated heterocycles. The van der Waals surface area contributed by atoms with Gasteiger partial charge in [0, 0.05) is 12.2 Å². The van der Waals surface area contributed by atoms with Gasteiger partial charge in [-0.25, -0.2) is 0 Å². The maximum Gasteiger partial charge on any atom is 0.322 e. The fourth-order valence-electron chi connectivity index (χ4n) is 2.39. The topological polar surface area (TPSA) is 208 Å². The minimum absolute atomic E-state index is 0.0116. The molecular formula is C18H24N4O8S. The lowest BCUT2D eigenvalue weighted by Crippen LogP contribution is -2.57. The van der Waals surface area contributed by atoms with Crippen LogP contribution in [-0.4, -0.2) is 75.4 Å². The predicted octanol–water partition coefficient (Wildman–Crippen LogP) is -2.16. The highest BCUT2D eigenvalue weighted by atomic mass is 32.1. The Balaban J connectivity index is 2.96. The number of thiol groups is 1. The van der Waals surface area contributed by atoms with Crippen LogP contribution in [0.1, 0.15) is 12.0 Å². The quantitative estimate of drug-likeness (QED) is 0.161. The first kappa shape index (κ1) is 25.7. The van der Waals surface area contributed by atoms with E-state index in [4.69, 9.17) is 15.9 Å². The smallest absolute Gasteiger partial charge is 0.322 e. The van der Waals surface area contributed by atoms with Gasteiger partial charge in [-0.05, 0) is 17.7 Å². The first-order valence-electron chi connectivity index (χ1n) is 8.99. The van der Waals surface area contributed by atoms with Crippen molar-refractivity contribution < 1.29 is 39.3 Å². The second-order valence-electron chi connectivity index (χ2n) is 6.49. The molecule has 0 aliphatic rings. The number of rotatable bonds is 12. The monoisotopic (exact) mass is 456 g/mol. The number of amides is 3. The molecule has 8 N–H and O–H groups in total. The van der Waals surface area contributed by atoms with Crippen molar-refractivity contribution in [3.63, 3.8) is 0 Å². The van der Waals surface area contributed by atoms with Crippen molar-refractivity contribution in [3.8, 4) is 5.75 Å². The largest absolute Gasteiger partial charge is 0.508 e. The zero-order valence-corrected chi connectivity index (χ0v) is 17.2. The van der Waals surface area contributed by atoms with Crippen LogP contribution in [0.25, 0.3) is 0 Å². The van der Waals surface area contributed by atoms with Crippen LogP contribution in [0.4, 0.5) is 0 Å². The van der Waals surface area contributed by atoms with E-state index in [-0.39, 0.29) is 17.9 Å². The van der Waals surface area contributed by atoms with Gasteiger partial charge >= 0.3 is 11.9 Å². The second kappa shape index (κ2) is 12.4. The Morgan fingerprint density at radius 2 is 1.48 bits per heavy atom. The highest BCUT2D eigenvalue weighted by Crippen LogP contribution is 2.12. The van der Waals surface area contributed by atoms with Gasteiger partial charge in [0.15, 0.2) is 0 Å². The van der Waals surface area contributed by atoms with Crippen LogP contribution < -0.4 is 21.7 Å². The van der Waals surface area contributed by atoms with Crippen LogP contribution in [0, 0.1) is 0 Å². The zero-order chi connectivity index (χ0) is 23.6. The van der Waals surface area contributed by atoms with Crippen LogP contribution in [0.2, 0.25) is 0 Å². The number of nitrogens with two attached hydrogens (primary N) is 1. The molecule has 0 saturated carbocycles. The number of carboxylic acid groups (broad SMARTS) is 2. The Hall–Kier alpha value is -3.32. The van der Waals surface area contributed by atoms with Gasteiger partial charge in [-0.15, -0.1) is 0 Å². The van der Waals surface area contributed by atoms with E-state index < -0.39 is 60.8 Å². The number of benzene rings is 1. The third-order valence-corrected chi connectivity index (χ3v) is 4.33. The van der Waals surface area contributed by atoms with Crippen LogP contribution in [0.5, 0.6) is 5.75 Å². The summed E-state index contributed by atoms with van der Waals surface area (Å²) in [6.45, 7) is -0.656. The van der Waals surface area contributed by atoms with Gasteiger partial charge in [0.2, 0.25) is 17.7 Å². The van der Waals surface area contributed by atoms with E-state index >= 15 is 0 Å². The minimum Gasteiger partial charge on any atom is -0.508 e. The van der Waals surface area contributed by atoms with E-state index in [1.165, 1.54) is 24.3 Å². The number of carboxylic acids is 2. The molecular weight excluding hydrogens is 432 g/mol. The molecule has 1 aromatic rings. The van der Waals surface area contributed by atoms with E-state index in [0.717, 1.165) is 0 Å². The molecule has 0 heterocycles. The molecule has 13 heteroatoms. The summed E-state index contributed by atoms with van der Waals surface area (Å²) in [6.07, 6.45) is -0.718. The SMILES string of the molecule is NC(CC(=O)O)C(=O)NC(Cc1ccc(O)cc1)C(=O)NC(CS)C(=O)NCC(=O)O. The molecule has 1 rings (SSSR count). The zero-order valence-electron chi connectivity index (χ0n) is 16.3. The Morgan fingerprint density at radius 3 is 2.00 bits per heavy atom. The third-order valence-electron chi connectivity index (χ3n) is 3.97. The minimum atomic E-state index is -1.41. The van der Waals surface area contributed by atoms with Gasteiger partial charge in [-0.1, -0.05) is 12.1 Å². The van der Waals surface area contributed by atoms with Gasteiger partial charge in [-0.2, -0.15) is 12.6 Å². The molecule has 1 aromatic carbocycles. The fraction of sp³-hybridized carbons (Fsp3) is 0.389. The van der Waals surface area contributed by atoms with Crippen molar-refractivity contribution in [1.29, 1.82) is 0 Å². The van der Waals surface area contributed by atoms with Crippen molar-refractivity contribution in [1.82, 2.24) is 16.0 Å². The average Bonchev–Trinajstić information content (AvgIpc) is 2.70. The average molecular weight is 456 g/mol. The number of phenolic OH excluding ortho intramolecular Hbond substituents is 1. The van der Waals surface area contributed by atoms with Crippen LogP contribution in [-0.2, 0) is 30.4 Å². The summed E-state index contributed by atoms with van der Waals surface area (Å²) in [4.78, 5) is 58.4. The van der Waals surface area contributed by atoms with Crippen molar-refractivity contribution >= 4 is 42.3 Å². The second-order valence-corrected chi connectivity index (χ2v) is 6.86. The number of hydrogen-bond acceptors (Lipinski definition) is 8. The first-order chi connectivity index (χ1) is 14.5. The normalized spacial score (nSPS) is 13.4. The van der Waals surface area contributed by atoms with Crippen molar-refractivity contribution in [2.45, 2.75) is 31.0 Å². The Labute approximate surface area is 182 Å². The standard InChI is InChI=1S/C18H24N4O8S/c19-11(6-14(24)25)16(28)21-12(5-9-1-3-10(23)4-2-9)18(30)22-13(8-31)17(29)20-7-15(26)27/h1-4,11-13,23,31H,5-8,19H2,(H,20,29)(H,21,28)(H,22,30)(H,24,25)(H,26,27). The Morgan fingerprint density at radius 1 is 0.903 bits per heavy atom. The molecule has 31 heavy (non-hydrogen) atoms.